The zero-order valence-corrected chi connectivity index (χ0v) is 8.31. The van der Waals surface area contributed by atoms with Crippen molar-refractivity contribution in [1.82, 2.24) is 0 Å². The van der Waals surface area contributed by atoms with Gasteiger partial charge in [0.1, 0.15) is 0 Å². The highest BCUT2D eigenvalue weighted by Gasteiger charge is 1.85. The molecule has 63 valence electrons. The maximum atomic E-state index is 4.59. The summed E-state index contributed by atoms with van der Waals surface area (Å²) in [6.07, 6.45) is 11.5. The molecule has 0 amide bonds. The molecule has 0 aromatic heterocycles. The van der Waals surface area contributed by atoms with Gasteiger partial charge < -0.3 is 4.43 Å². The van der Waals surface area contributed by atoms with Crippen molar-refractivity contribution in [1.29, 1.82) is 0 Å². The van der Waals surface area contributed by atoms with Crippen molar-refractivity contribution in [3.63, 3.8) is 0 Å². The first-order chi connectivity index (χ1) is 5.41. The van der Waals surface area contributed by atoms with Gasteiger partial charge in [-0.25, -0.2) is 0 Å². The van der Waals surface area contributed by atoms with E-state index < -0.39 is 0 Å². The molecule has 0 fully saturated rings. The number of hydrogen-bond donors (Lipinski definition) is 0. The Hall–Kier alpha value is -0.243. The molecular formula is C9H17OSi. The first kappa shape index (κ1) is 10.8. The summed E-state index contributed by atoms with van der Waals surface area (Å²) in [7, 11) is 2.90. The second kappa shape index (κ2) is 9.76. The molecule has 2 heteroatoms. The van der Waals surface area contributed by atoms with Crippen LogP contribution in [0.25, 0.3) is 0 Å². The van der Waals surface area contributed by atoms with Gasteiger partial charge in [-0.05, 0) is 12.8 Å². The number of rotatable bonds is 7. The molecule has 0 saturated carbocycles. The number of unbranched alkanes of at least 4 members (excludes halogenated alkanes) is 5. The second-order valence-electron chi connectivity index (χ2n) is 2.69. The predicted octanol–water partition coefficient (Wildman–Crippen LogP) is 2.96. The fourth-order valence-electron chi connectivity index (χ4n) is 0.982. The van der Waals surface area contributed by atoms with Crippen molar-refractivity contribution in [2.24, 2.45) is 0 Å². The molecule has 0 rings (SSSR count). The fourth-order valence-corrected chi connectivity index (χ4v) is 1.08. The largest absolute Gasteiger partial charge is 0.546 e. The second-order valence-corrected chi connectivity index (χ2v) is 2.93. The molecule has 0 unspecified atom stereocenters. The van der Waals surface area contributed by atoms with Crippen LogP contribution in [0.3, 0.4) is 0 Å². The average molecular weight is 169 g/mol. The van der Waals surface area contributed by atoms with E-state index in [2.05, 4.69) is 21.8 Å². The van der Waals surface area contributed by atoms with Crippen molar-refractivity contribution < 1.29 is 4.43 Å². The Morgan fingerprint density at radius 3 is 2.55 bits per heavy atom. The van der Waals surface area contributed by atoms with Crippen LogP contribution < -0.4 is 0 Å². The molecule has 0 heterocycles. The first-order valence-electron chi connectivity index (χ1n) is 4.39. The van der Waals surface area contributed by atoms with Crippen LogP contribution in [0.5, 0.6) is 0 Å². The normalized spacial score (nSPS) is 10.7. The van der Waals surface area contributed by atoms with Gasteiger partial charge in [0.25, 0.3) is 0 Å². The summed E-state index contributed by atoms with van der Waals surface area (Å²) in [4.78, 5) is 0. The summed E-state index contributed by atoms with van der Waals surface area (Å²) < 4.78 is 4.59. The van der Waals surface area contributed by atoms with E-state index in [0.29, 0.717) is 0 Å². The Morgan fingerprint density at radius 1 is 1.18 bits per heavy atom. The fraction of sp³-hybridized carbons (Fsp3) is 0.778. The lowest BCUT2D eigenvalue weighted by Crippen LogP contribution is -1.76. The summed E-state index contributed by atoms with van der Waals surface area (Å²) in [5.74, 6) is 0. The molecule has 0 aromatic carbocycles. The third-order valence-corrected chi connectivity index (χ3v) is 1.77. The lowest BCUT2D eigenvalue weighted by molar-refractivity contribution is 0.529. The molecule has 0 N–H and O–H groups in total. The zero-order chi connectivity index (χ0) is 8.36. The van der Waals surface area contributed by atoms with Crippen LogP contribution in [0, 0.1) is 0 Å². The van der Waals surface area contributed by atoms with Crippen LogP contribution in [0.2, 0.25) is 0 Å². The van der Waals surface area contributed by atoms with Crippen LogP contribution in [0.1, 0.15) is 45.4 Å². The molecule has 0 spiro atoms. The molecule has 0 bridgehead atoms. The maximum absolute atomic E-state index is 4.59. The summed E-state index contributed by atoms with van der Waals surface area (Å²) in [6, 6.07) is 0. The Balaban J connectivity index is 2.85. The molecule has 1 nitrogen and oxygen atoms in total. The third kappa shape index (κ3) is 9.76. The molecule has 0 saturated heterocycles. The van der Waals surface area contributed by atoms with Crippen molar-refractivity contribution in [2.75, 3.05) is 0 Å². The minimum Gasteiger partial charge on any atom is -0.546 e. The van der Waals surface area contributed by atoms with E-state index >= 15 is 0 Å². The topological polar surface area (TPSA) is 9.23 Å². The Kier molecular flexibility index (Phi) is 9.54. The Bertz CT molecular complexity index is 91.6. The van der Waals surface area contributed by atoms with Crippen molar-refractivity contribution >= 4 is 10.5 Å². The summed E-state index contributed by atoms with van der Waals surface area (Å²) >= 11 is 0. The van der Waals surface area contributed by atoms with E-state index in [-0.39, 0.29) is 0 Å². The van der Waals surface area contributed by atoms with Crippen LogP contribution in [0.4, 0.5) is 0 Å². The first-order valence-corrected chi connectivity index (χ1v) is 4.80. The van der Waals surface area contributed by atoms with Crippen LogP contribution in [-0.4, -0.2) is 10.5 Å². The smallest absolute Gasteiger partial charge is 0.340 e. The van der Waals surface area contributed by atoms with Gasteiger partial charge in [-0.2, -0.15) is 0 Å². The van der Waals surface area contributed by atoms with E-state index in [1.54, 1.807) is 6.26 Å². The van der Waals surface area contributed by atoms with Gasteiger partial charge in [0.15, 0.2) is 0 Å². The van der Waals surface area contributed by atoms with Crippen LogP contribution >= 0.6 is 0 Å². The maximum Gasteiger partial charge on any atom is 0.340 e. The standard InChI is InChI=1S/C9H17OSi/c1-2-3-4-5-6-7-8-9-10-11/h8-9H,2-7H2,1H3/b9-8+. The molecule has 0 aliphatic rings. The van der Waals surface area contributed by atoms with E-state index in [9.17, 15) is 0 Å². The number of allylic oxidation sites excluding steroid dienone is 1. The highest BCUT2D eigenvalue weighted by atomic mass is 28.2. The van der Waals surface area contributed by atoms with E-state index in [4.69, 9.17) is 0 Å². The van der Waals surface area contributed by atoms with Gasteiger partial charge >= 0.3 is 10.5 Å². The monoisotopic (exact) mass is 169 g/mol. The van der Waals surface area contributed by atoms with E-state index in [1.807, 2.05) is 6.08 Å². The van der Waals surface area contributed by atoms with Gasteiger partial charge in [-0.1, -0.05) is 38.7 Å². The van der Waals surface area contributed by atoms with Crippen LogP contribution in [-0.2, 0) is 4.43 Å². The van der Waals surface area contributed by atoms with Gasteiger partial charge in [-0.3, -0.25) is 0 Å². The van der Waals surface area contributed by atoms with Gasteiger partial charge in [0.2, 0.25) is 0 Å². The van der Waals surface area contributed by atoms with E-state index in [0.717, 1.165) is 6.42 Å². The molecular weight excluding hydrogens is 152 g/mol. The highest BCUT2D eigenvalue weighted by molar-refractivity contribution is 5.98. The summed E-state index contributed by atoms with van der Waals surface area (Å²) in [5, 5.41) is 0. The average Bonchev–Trinajstić information content (AvgIpc) is 2.03. The minimum atomic E-state index is 1.13. The molecule has 0 atom stereocenters. The van der Waals surface area contributed by atoms with Gasteiger partial charge in [0.05, 0.1) is 6.26 Å². The molecule has 0 aliphatic carbocycles. The van der Waals surface area contributed by atoms with E-state index in [1.165, 1.54) is 32.1 Å². The van der Waals surface area contributed by atoms with Crippen molar-refractivity contribution in [2.45, 2.75) is 45.4 Å². The minimum absolute atomic E-state index is 1.13. The molecule has 11 heavy (non-hydrogen) atoms. The molecule has 3 radical (unpaired) electrons. The summed E-state index contributed by atoms with van der Waals surface area (Å²) in [5.41, 5.74) is 0. The Morgan fingerprint density at radius 2 is 1.91 bits per heavy atom. The quantitative estimate of drug-likeness (QED) is 0.323. The molecule has 0 aliphatic heterocycles. The summed E-state index contributed by atoms with van der Waals surface area (Å²) in [6.45, 7) is 2.23. The lowest BCUT2D eigenvalue weighted by atomic mass is 10.1. The SMILES string of the molecule is CCCCCCC/C=C/O[Si]. The predicted molar refractivity (Wildman–Crippen MR) is 49.4 cm³/mol. The molecule has 0 aromatic rings. The zero-order valence-electron chi connectivity index (χ0n) is 7.31. The number of hydrogen-bond acceptors (Lipinski definition) is 1. The van der Waals surface area contributed by atoms with Gasteiger partial charge in [-0.15, -0.1) is 0 Å². The van der Waals surface area contributed by atoms with Gasteiger partial charge in [0, 0.05) is 0 Å². The lowest BCUT2D eigenvalue weighted by Gasteiger charge is -1.95. The third-order valence-electron chi connectivity index (χ3n) is 1.64. The van der Waals surface area contributed by atoms with Crippen molar-refractivity contribution in [3.8, 4) is 0 Å². The highest BCUT2D eigenvalue weighted by Crippen LogP contribution is 2.04. The van der Waals surface area contributed by atoms with Crippen LogP contribution in [0.15, 0.2) is 12.3 Å². The van der Waals surface area contributed by atoms with Crippen molar-refractivity contribution in [3.05, 3.63) is 12.3 Å². The Labute approximate surface area is 73.4 Å².